The van der Waals surface area contributed by atoms with Crippen molar-refractivity contribution in [3.05, 3.63) is 0 Å². The van der Waals surface area contributed by atoms with Gasteiger partial charge in [0.15, 0.2) is 0 Å². The maximum absolute atomic E-state index is 10.7. The molecule has 0 aromatic rings. The van der Waals surface area contributed by atoms with Crippen LogP contribution in [0.2, 0.25) is 0 Å². The van der Waals surface area contributed by atoms with Crippen LogP contribution >= 0.6 is 0 Å². The molecule has 3 nitrogen and oxygen atoms in total. The molecular weight excluding hydrogens is 166 g/mol. The molecule has 1 spiro atoms. The van der Waals surface area contributed by atoms with Crippen molar-refractivity contribution in [2.24, 2.45) is 5.92 Å². The van der Waals surface area contributed by atoms with Crippen molar-refractivity contribution in [2.45, 2.75) is 44.1 Å². The standard InChI is InChI=1S/C10H17NO2/c12-9(13)7-8-3-6-11-10(8)4-1-2-5-10/h8,11H,1-7H2,(H,12,13). The predicted octanol–water partition coefficient (Wildman–Crippen LogP) is 1.38. The first-order valence-corrected chi connectivity index (χ1v) is 5.20. The van der Waals surface area contributed by atoms with E-state index in [2.05, 4.69) is 5.32 Å². The van der Waals surface area contributed by atoms with Gasteiger partial charge < -0.3 is 10.4 Å². The fourth-order valence-electron chi connectivity index (χ4n) is 3.02. The zero-order chi connectivity index (χ0) is 9.31. The Balaban J connectivity index is 2.04. The molecule has 1 unspecified atom stereocenters. The second-order valence-electron chi connectivity index (χ2n) is 4.37. The zero-order valence-electron chi connectivity index (χ0n) is 7.88. The van der Waals surface area contributed by atoms with Crippen LogP contribution in [-0.4, -0.2) is 23.2 Å². The number of carboxylic acids is 1. The van der Waals surface area contributed by atoms with E-state index in [1.54, 1.807) is 0 Å². The van der Waals surface area contributed by atoms with Crippen LogP contribution in [0.5, 0.6) is 0 Å². The number of rotatable bonds is 2. The predicted molar refractivity (Wildman–Crippen MR) is 49.6 cm³/mol. The minimum Gasteiger partial charge on any atom is -0.481 e. The lowest BCUT2D eigenvalue weighted by Gasteiger charge is -2.30. The first-order valence-electron chi connectivity index (χ1n) is 5.20. The number of carboxylic acid groups (broad SMARTS) is 1. The van der Waals surface area contributed by atoms with Crippen molar-refractivity contribution in [2.75, 3.05) is 6.54 Å². The van der Waals surface area contributed by atoms with Gasteiger partial charge >= 0.3 is 5.97 Å². The maximum atomic E-state index is 10.7. The monoisotopic (exact) mass is 183 g/mol. The quantitative estimate of drug-likeness (QED) is 0.680. The molecule has 2 aliphatic rings. The van der Waals surface area contributed by atoms with Gasteiger partial charge in [-0.25, -0.2) is 0 Å². The Morgan fingerprint density at radius 1 is 1.46 bits per heavy atom. The number of aliphatic carboxylic acids is 1. The lowest BCUT2D eigenvalue weighted by atomic mass is 9.82. The van der Waals surface area contributed by atoms with Crippen molar-refractivity contribution in [1.29, 1.82) is 0 Å². The van der Waals surface area contributed by atoms with E-state index in [0.717, 1.165) is 13.0 Å². The van der Waals surface area contributed by atoms with Gasteiger partial charge in [-0.15, -0.1) is 0 Å². The normalized spacial score (nSPS) is 31.2. The van der Waals surface area contributed by atoms with Gasteiger partial charge in [0.2, 0.25) is 0 Å². The van der Waals surface area contributed by atoms with Crippen LogP contribution in [0, 0.1) is 5.92 Å². The highest BCUT2D eigenvalue weighted by atomic mass is 16.4. The number of nitrogens with one attached hydrogen (secondary N) is 1. The highest BCUT2D eigenvalue weighted by molar-refractivity contribution is 5.67. The first-order chi connectivity index (χ1) is 6.23. The number of hydrogen-bond acceptors (Lipinski definition) is 2. The molecule has 3 heteroatoms. The Kier molecular flexibility index (Phi) is 2.28. The summed E-state index contributed by atoms with van der Waals surface area (Å²) in [5.74, 6) is -0.257. The van der Waals surface area contributed by atoms with Gasteiger partial charge in [-0.05, 0) is 31.7 Å². The van der Waals surface area contributed by atoms with Crippen LogP contribution in [0.25, 0.3) is 0 Å². The summed E-state index contributed by atoms with van der Waals surface area (Å²) < 4.78 is 0. The van der Waals surface area contributed by atoms with Gasteiger partial charge in [0.05, 0.1) is 0 Å². The van der Waals surface area contributed by atoms with E-state index in [1.807, 2.05) is 0 Å². The third kappa shape index (κ3) is 1.57. The first kappa shape index (κ1) is 9.00. The molecule has 2 N–H and O–H groups in total. The molecule has 0 bridgehead atoms. The molecule has 0 aromatic carbocycles. The lowest BCUT2D eigenvalue weighted by molar-refractivity contribution is -0.138. The molecule has 2 fully saturated rings. The third-order valence-corrected chi connectivity index (χ3v) is 3.67. The summed E-state index contributed by atoms with van der Waals surface area (Å²) in [6.07, 6.45) is 6.31. The van der Waals surface area contributed by atoms with E-state index in [1.165, 1.54) is 25.7 Å². The molecule has 1 aliphatic heterocycles. The summed E-state index contributed by atoms with van der Waals surface area (Å²) in [4.78, 5) is 10.7. The van der Waals surface area contributed by atoms with Crippen LogP contribution < -0.4 is 5.32 Å². The molecule has 0 aromatic heterocycles. The minimum absolute atomic E-state index is 0.207. The Morgan fingerprint density at radius 2 is 2.15 bits per heavy atom. The van der Waals surface area contributed by atoms with Crippen LogP contribution in [0.3, 0.4) is 0 Å². The number of hydrogen-bond donors (Lipinski definition) is 2. The molecule has 1 aliphatic carbocycles. The van der Waals surface area contributed by atoms with Crippen LogP contribution in [0.15, 0.2) is 0 Å². The molecule has 1 saturated heterocycles. The Labute approximate surface area is 78.5 Å². The Morgan fingerprint density at radius 3 is 2.77 bits per heavy atom. The van der Waals surface area contributed by atoms with E-state index >= 15 is 0 Å². The maximum Gasteiger partial charge on any atom is 0.303 e. The minimum atomic E-state index is -0.639. The van der Waals surface area contributed by atoms with Gasteiger partial charge in [-0.2, -0.15) is 0 Å². The molecular formula is C10H17NO2. The van der Waals surface area contributed by atoms with Gasteiger partial charge in [0.1, 0.15) is 0 Å². The third-order valence-electron chi connectivity index (χ3n) is 3.67. The number of carbonyl (C=O) groups is 1. The second-order valence-corrected chi connectivity index (χ2v) is 4.37. The average Bonchev–Trinajstić information content (AvgIpc) is 2.64. The van der Waals surface area contributed by atoms with Crippen molar-refractivity contribution in [3.63, 3.8) is 0 Å². The highest BCUT2D eigenvalue weighted by Crippen LogP contribution is 2.42. The molecule has 13 heavy (non-hydrogen) atoms. The lowest BCUT2D eigenvalue weighted by Crippen LogP contribution is -2.42. The fraction of sp³-hybridized carbons (Fsp3) is 0.900. The smallest absolute Gasteiger partial charge is 0.303 e. The van der Waals surface area contributed by atoms with Crippen molar-refractivity contribution in [1.82, 2.24) is 5.32 Å². The van der Waals surface area contributed by atoms with Crippen LogP contribution in [0.4, 0.5) is 0 Å². The summed E-state index contributed by atoms with van der Waals surface area (Å²) in [6, 6.07) is 0. The van der Waals surface area contributed by atoms with E-state index < -0.39 is 5.97 Å². The van der Waals surface area contributed by atoms with Crippen LogP contribution in [-0.2, 0) is 4.79 Å². The van der Waals surface area contributed by atoms with E-state index in [9.17, 15) is 4.79 Å². The Bertz CT molecular complexity index is 203. The summed E-state index contributed by atoms with van der Waals surface area (Å²) in [7, 11) is 0. The molecule has 74 valence electrons. The van der Waals surface area contributed by atoms with Gasteiger partial charge in [-0.3, -0.25) is 4.79 Å². The molecule has 0 amide bonds. The SMILES string of the molecule is O=C(O)CC1CCNC12CCCC2. The van der Waals surface area contributed by atoms with Gasteiger partial charge in [0, 0.05) is 12.0 Å². The van der Waals surface area contributed by atoms with Crippen molar-refractivity contribution in [3.8, 4) is 0 Å². The molecule has 1 saturated carbocycles. The van der Waals surface area contributed by atoms with Gasteiger partial charge in [0.25, 0.3) is 0 Å². The molecule has 1 atom stereocenters. The average molecular weight is 183 g/mol. The topological polar surface area (TPSA) is 49.3 Å². The van der Waals surface area contributed by atoms with E-state index in [4.69, 9.17) is 5.11 Å². The summed E-state index contributed by atoms with van der Waals surface area (Å²) in [6.45, 7) is 1.01. The molecule has 1 heterocycles. The Hall–Kier alpha value is -0.570. The van der Waals surface area contributed by atoms with Crippen molar-refractivity contribution < 1.29 is 9.90 Å². The summed E-state index contributed by atoms with van der Waals surface area (Å²) in [5, 5.41) is 12.3. The van der Waals surface area contributed by atoms with Gasteiger partial charge in [-0.1, -0.05) is 12.8 Å². The summed E-state index contributed by atoms with van der Waals surface area (Å²) in [5.41, 5.74) is 0.207. The van der Waals surface area contributed by atoms with E-state index in [-0.39, 0.29) is 5.54 Å². The van der Waals surface area contributed by atoms with Crippen LogP contribution in [0.1, 0.15) is 38.5 Å². The van der Waals surface area contributed by atoms with Crippen molar-refractivity contribution >= 4 is 5.97 Å². The zero-order valence-corrected chi connectivity index (χ0v) is 7.88. The highest BCUT2D eigenvalue weighted by Gasteiger charge is 2.44. The molecule has 2 rings (SSSR count). The fourth-order valence-corrected chi connectivity index (χ4v) is 3.02. The summed E-state index contributed by atoms with van der Waals surface area (Å²) >= 11 is 0. The second kappa shape index (κ2) is 3.29. The van der Waals surface area contributed by atoms with E-state index in [0.29, 0.717) is 12.3 Å². The molecule has 0 radical (unpaired) electrons. The largest absolute Gasteiger partial charge is 0.481 e.